The third-order valence-electron chi connectivity index (χ3n) is 3.86. The van der Waals surface area contributed by atoms with Gasteiger partial charge < -0.3 is 10.2 Å². The highest BCUT2D eigenvalue weighted by atomic mass is 16.3. The molecule has 26 heavy (non-hydrogen) atoms. The van der Waals surface area contributed by atoms with Crippen molar-refractivity contribution >= 4 is 0 Å². The Balaban J connectivity index is 1.97. The summed E-state index contributed by atoms with van der Waals surface area (Å²) in [5, 5.41) is 20.4. The summed E-state index contributed by atoms with van der Waals surface area (Å²) >= 11 is 0. The van der Waals surface area contributed by atoms with E-state index in [1.54, 1.807) is 73.1 Å². The normalized spacial score (nSPS) is 10.6. The van der Waals surface area contributed by atoms with Crippen molar-refractivity contribution < 1.29 is 10.2 Å². The van der Waals surface area contributed by atoms with E-state index in [2.05, 4.69) is 19.9 Å². The van der Waals surface area contributed by atoms with Gasteiger partial charge in [-0.15, -0.1) is 0 Å². The zero-order chi connectivity index (χ0) is 17.9. The van der Waals surface area contributed by atoms with Gasteiger partial charge in [-0.1, -0.05) is 24.3 Å². The van der Waals surface area contributed by atoms with E-state index in [1.165, 1.54) is 0 Å². The molecule has 6 heteroatoms. The van der Waals surface area contributed by atoms with Gasteiger partial charge in [0, 0.05) is 18.0 Å². The van der Waals surface area contributed by atoms with Crippen LogP contribution in [0.4, 0.5) is 0 Å². The smallest absolute Gasteiger partial charge is 0.167 e. The molecule has 2 aromatic heterocycles. The van der Waals surface area contributed by atoms with Crippen LogP contribution in [0.1, 0.15) is 0 Å². The predicted octanol–water partition coefficient (Wildman–Crippen LogP) is 3.68. The molecule has 0 atom stereocenters. The molecule has 2 N–H and O–H groups in total. The Morgan fingerprint density at radius 1 is 0.538 bits per heavy atom. The quantitative estimate of drug-likeness (QED) is 0.590. The van der Waals surface area contributed by atoms with E-state index in [-0.39, 0.29) is 11.5 Å². The molecule has 0 fully saturated rings. The molecular weight excluding hydrogens is 328 g/mol. The molecule has 0 aliphatic carbocycles. The van der Waals surface area contributed by atoms with Crippen LogP contribution in [-0.2, 0) is 0 Å². The lowest BCUT2D eigenvalue weighted by molar-refractivity contribution is 0.477. The molecule has 0 radical (unpaired) electrons. The summed E-state index contributed by atoms with van der Waals surface area (Å²) in [6, 6.07) is 17.2. The Morgan fingerprint density at radius 3 is 1.50 bits per heavy atom. The lowest BCUT2D eigenvalue weighted by atomic mass is 10.1. The summed E-state index contributed by atoms with van der Waals surface area (Å²) in [6.07, 6.45) is 3.30. The molecule has 2 aromatic carbocycles. The second kappa shape index (κ2) is 6.60. The van der Waals surface area contributed by atoms with E-state index in [0.29, 0.717) is 28.6 Å². The summed E-state index contributed by atoms with van der Waals surface area (Å²) in [6.45, 7) is 0. The highest BCUT2D eigenvalue weighted by Crippen LogP contribution is 2.31. The molecule has 0 bridgehead atoms. The minimum absolute atomic E-state index is 0.0719. The van der Waals surface area contributed by atoms with Crippen LogP contribution in [0, 0.1) is 0 Å². The molecule has 0 spiro atoms. The molecule has 4 rings (SSSR count). The number of aromatic hydroxyl groups is 2. The van der Waals surface area contributed by atoms with Crippen molar-refractivity contribution in [2.24, 2.45) is 0 Å². The lowest BCUT2D eigenvalue weighted by Crippen LogP contribution is -2.00. The summed E-state index contributed by atoms with van der Waals surface area (Å²) in [5.41, 5.74) is 1.74. The number of para-hydroxylation sites is 2. The van der Waals surface area contributed by atoms with Gasteiger partial charge in [-0.05, 0) is 36.4 Å². The zero-order valence-corrected chi connectivity index (χ0v) is 13.6. The van der Waals surface area contributed by atoms with Crippen LogP contribution >= 0.6 is 0 Å². The maximum atomic E-state index is 10.2. The maximum Gasteiger partial charge on any atom is 0.167 e. The maximum absolute atomic E-state index is 10.2. The van der Waals surface area contributed by atoms with Gasteiger partial charge >= 0.3 is 0 Å². The van der Waals surface area contributed by atoms with Gasteiger partial charge in [-0.2, -0.15) is 0 Å². The van der Waals surface area contributed by atoms with Crippen molar-refractivity contribution in [1.29, 1.82) is 0 Å². The predicted molar refractivity (Wildman–Crippen MR) is 97.3 cm³/mol. The van der Waals surface area contributed by atoms with Crippen molar-refractivity contribution in [3.05, 3.63) is 73.1 Å². The molecule has 6 nitrogen and oxygen atoms in total. The number of hydrogen-bond donors (Lipinski definition) is 2. The number of phenols is 2. The number of nitrogens with zero attached hydrogens (tertiary/aromatic N) is 4. The lowest BCUT2D eigenvalue weighted by Gasteiger charge is -2.09. The molecule has 0 saturated heterocycles. The molecule has 2 heterocycles. The standard InChI is InChI=1S/C20H14N4O2/c25-16-7-3-1-5-14(16)19-22-18(13-9-11-21-12-10-13)23-20(24-19)15-6-2-4-8-17(15)26/h1-12,25-26H. The van der Waals surface area contributed by atoms with E-state index in [9.17, 15) is 10.2 Å². The number of aromatic nitrogens is 4. The molecule has 0 unspecified atom stereocenters. The molecule has 4 aromatic rings. The largest absolute Gasteiger partial charge is 0.507 e. The Bertz CT molecular complexity index is 1000. The van der Waals surface area contributed by atoms with Crippen molar-refractivity contribution in [2.45, 2.75) is 0 Å². The van der Waals surface area contributed by atoms with Gasteiger partial charge in [0.05, 0.1) is 11.1 Å². The Labute approximate surface area is 149 Å². The number of hydrogen-bond acceptors (Lipinski definition) is 6. The van der Waals surface area contributed by atoms with Gasteiger partial charge in [0.25, 0.3) is 0 Å². The topological polar surface area (TPSA) is 92.0 Å². The van der Waals surface area contributed by atoms with Crippen molar-refractivity contribution in [1.82, 2.24) is 19.9 Å². The van der Waals surface area contributed by atoms with Crippen LogP contribution in [0.25, 0.3) is 34.2 Å². The highest BCUT2D eigenvalue weighted by molar-refractivity contribution is 5.71. The summed E-state index contributed by atoms with van der Waals surface area (Å²) in [7, 11) is 0. The summed E-state index contributed by atoms with van der Waals surface area (Å²) in [5.74, 6) is 1.22. The first-order valence-electron chi connectivity index (χ1n) is 7.95. The Kier molecular flexibility index (Phi) is 3.99. The van der Waals surface area contributed by atoms with Crippen molar-refractivity contribution in [2.75, 3.05) is 0 Å². The average Bonchev–Trinajstić information content (AvgIpc) is 2.69. The van der Waals surface area contributed by atoms with E-state index >= 15 is 0 Å². The second-order valence-electron chi connectivity index (χ2n) is 5.58. The first-order valence-corrected chi connectivity index (χ1v) is 7.95. The van der Waals surface area contributed by atoms with Crippen molar-refractivity contribution in [3.8, 4) is 45.7 Å². The van der Waals surface area contributed by atoms with E-state index in [0.717, 1.165) is 5.56 Å². The zero-order valence-electron chi connectivity index (χ0n) is 13.6. The third-order valence-corrected chi connectivity index (χ3v) is 3.86. The second-order valence-corrected chi connectivity index (χ2v) is 5.58. The van der Waals surface area contributed by atoms with Crippen LogP contribution in [0.3, 0.4) is 0 Å². The van der Waals surface area contributed by atoms with Gasteiger partial charge in [-0.3, -0.25) is 4.98 Å². The van der Waals surface area contributed by atoms with E-state index < -0.39 is 0 Å². The SMILES string of the molecule is Oc1ccccc1-c1nc(-c2ccncc2)nc(-c2ccccc2O)n1. The summed E-state index contributed by atoms with van der Waals surface area (Å²) in [4.78, 5) is 17.5. The number of benzene rings is 2. The fourth-order valence-electron chi connectivity index (χ4n) is 2.57. The molecule has 0 saturated carbocycles. The van der Waals surface area contributed by atoms with Gasteiger partial charge in [-0.25, -0.2) is 15.0 Å². The van der Waals surface area contributed by atoms with Crippen molar-refractivity contribution in [3.63, 3.8) is 0 Å². The molecule has 0 amide bonds. The molecule has 126 valence electrons. The number of rotatable bonds is 3. The fourth-order valence-corrected chi connectivity index (χ4v) is 2.57. The average molecular weight is 342 g/mol. The fraction of sp³-hybridized carbons (Fsp3) is 0. The van der Waals surface area contributed by atoms with Crippen LogP contribution in [0.2, 0.25) is 0 Å². The minimum Gasteiger partial charge on any atom is -0.507 e. The number of pyridine rings is 1. The highest BCUT2D eigenvalue weighted by Gasteiger charge is 2.15. The first kappa shape index (κ1) is 15.7. The molecular formula is C20H14N4O2. The summed E-state index contributed by atoms with van der Waals surface area (Å²) < 4.78 is 0. The van der Waals surface area contributed by atoms with Crippen LogP contribution < -0.4 is 0 Å². The monoisotopic (exact) mass is 342 g/mol. The minimum atomic E-state index is 0.0719. The van der Waals surface area contributed by atoms with Crippen LogP contribution in [0.5, 0.6) is 11.5 Å². The van der Waals surface area contributed by atoms with E-state index in [1.807, 2.05) is 0 Å². The van der Waals surface area contributed by atoms with Gasteiger partial charge in [0.1, 0.15) is 11.5 Å². The Hall–Kier alpha value is -3.80. The molecule has 0 aliphatic rings. The Morgan fingerprint density at radius 2 is 1.00 bits per heavy atom. The van der Waals surface area contributed by atoms with E-state index in [4.69, 9.17) is 0 Å². The van der Waals surface area contributed by atoms with Crippen LogP contribution in [0.15, 0.2) is 73.1 Å². The van der Waals surface area contributed by atoms with Gasteiger partial charge in [0.2, 0.25) is 0 Å². The number of phenolic OH excluding ortho intramolecular Hbond substituents is 2. The molecule has 0 aliphatic heterocycles. The van der Waals surface area contributed by atoms with Crippen LogP contribution in [-0.4, -0.2) is 30.1 Å². The van der Waals surface area contributed by atoms with Gasteiger partial charge in [0.15, 0.2) is 17.5 Å². The third kappa shape index (κ3) is 2.95. The first-order chi connectivity index (χ1) is 12.7.